The molecule has 2 aromatic carbocycles. The van der Waals surface area contributed by atoms with Gasteiger partial charge in [-0.05, 0) is 39.8 Å². The third kappa shape index (κ3) is 7.46. The molecule has 0 aliphatic carbocycles. The monoisotopic (exact) mass is 482 g/mol. The molecular weight excluding hydrogens is 462 g/mol. The first kappa shape index (κ1) is 24.0. The Morgan fingerprint density at radius 1 is 0.621 bits per heavy atom. The molecule has 2 aromatic rings. The molecule has 160 valence electrons. The van der Waals surface area contributed by atoms with Gasteiger partial charge in [-0.2, -0.15) is 4.94 Å². The number of hydrogen-bond donors (Lipinski definition) is 4. The van der Waals surface area contributed by atoms with E-state index in [1.807, 2.05) is 27.7 Å². The van der Waals surface area contributed by atoms with Crippen LogP contribution in [0.1, 0.15) is 27.7 Å². The third-order valence-electron chi connectivity index (χ3n) is 3.24. The van der Waals surface area contributed by atoms with E-state index in [2.05, 4.69) is 22.0 Å². The summed E-state index contributed by atoms with van der Waals surface area (Å²) in [5.41, 5.74) is 11.5. The van der Waals surface area contributed by atoms with Crippen molar-refractivity contribution in [2.75, 3.05) is 10.9 Å². The smallest absolute Gasteiger partial charge is 0.140 e. The Morgan fingerprint density at radius 2 is 1.00 bits per heavy atom. The van der Waals surface area contributed by atoms with Gasteiger partial charge in [0.1, 0.15) is 11.5 Å². The first-order valence-electron chi connectivity index (χ1n) is 8.66. The SMILES string of the molecule is CC(C)Oc1cc(NNONNc2cc(OC(C)C)c(Cl)cc2Cl)c(Cl)cc1Cl. The fraction of sp³-hybridized carbons (Fsp3) is 0.333. The summed E-state index contributed by atoms with van der Waals surface area (Å²) >= 11 is 24.6. The molecule has 0 amide bonds. The Bertz CT molecular complexity index is 770. The van der Waals surface area contributed by atoms with Crippen molar-refractivity contribution in [1.82, 2.24) is 11.2 Å². The van der Waals surface area contributed by atoms with Crippen LogP contribution in [0, 0.1) is 0 Å². The van der Waals surface area contributed by atoms with Crippen LogP contribution < -0.4 is 31.5 Å². The standard InChI is InChI=1S/C18H22Cl4N4O3/c1-9(2)27-17-7-15(11(19)5-13(17)21)23-25-29-26-24-16-8-18(28-10(3)4)14(22)6-12(16)20/h5-10,23-26H,1-4H3. The molecule has 0 radical (unpaired) electrons. The lowest BCUT2D eigenvalue weighted by molar-refractivity contribution is -0.0126. The molecule has 7 nitrogen and oxygen atoms in total. The zero-order chi connectivity index (χ0) is 21.6. The second-order valence-electron chi connectivity index (χ2n) is 6.41. The maximum absolute atomic E-state index is 6.16. The maximum atomic E-state index is 6.16. The first-order valence-corrected chi connectivity index (χ1v) is 10.2. The minimum Gasteiger partial charge on any atom is -0.489 e. The van der Waals surface area contributed by atoms with Gasteiger partial charge in [-0.15, -0.1) is 0 Å². The van der Waals surface area contributed by atoms with E-state index in [1.54, 1.807) is 24.3 Å². The van der Waals surface area contributed by atoms with Crippen LogP contribution in [0.2, 0.25) is 20.1 Å². The van der Waals surface area contributed by atoms with Gasteiger partial charge in [0, 0.05) is 12.1 Å². The summed E-state index contributed by atoms with van der Waals surface area (Å²) in [6.45, 7) is 7.59. The zero-order valence-corrected chi connectivity index (χ0v) is 19.2. The molecule has 0 heterocycles. The summed E-state index contributed by atoms with van der Waals surface area (Å²) < 4.78 is 11.2. The number of halogens is 4. The van der Waals surface area contributed by atoms with Gasteiger partial charge in [-0.25, -0.2) is 0 Å². The fourth-order valence-electron chi connectivity index (χ4n) is 2.12. The van der Waals surface area contributed by atoms with Crippen LogP contribution in [0.5, 0.6) is 11.5 Å². The highest BCUT2D eigenvalue weighted by Crippen LogP contribution is 2.35. The van der Waals surface area contributed by atoms with Crippen LogP contribution in [0.3, 0.4) is 0 Å². The first-order chi connectivity index (χ1) is 13.7. The van der Waals surface area contributed by atoms with Crippen molar-refractivity contribution in [3.63, 3.8) is 0 Å². The van der Waals surface area contributed by atoms with Gasteiger partial charge in [-0.3, -0.25) is 10.9 Å². The van der Waals surface area contributed by atoms with Crippen LogP contribution in [0.15, 0.2) is 24.3 Å². The fourth-order valence-corrected chi connectivity index (χ4v) is 3.07. The summed E-state index contributed by atoms with van der Waals surface area (Å²) in [5.74, 6) is 0.985. The van der Waals surface area contributed by atoms with Gasteiger partial charge in [0.2, 0.25) is 0 Å². The quantitative estimate of drug-likeness (QED) is 0.235. The second-order valence-corrected chi connectivity index (χ2v) is 8.04. The van der Waals surface area contributed by atoms with Crippen molar-refractivity contribution < 1.29 is 14.4 Å². The van der Waals surface area contributed by atoms with Crippen LogP contribution in [-0.2, 0) is 4.94 Å². The average molecular weight is 484 g/mol. The van der Waals surface area contributed by atoms with Crippen LogP contribution in [-0.4, -0.2) is 12.2 Å². The Morgan fingerprint density at radius 3 is 1.34 bits per heavy atom. The van der Waals surface area contributed by atoms with Gasteiger partial charge in [0.15, 0.2) is 0 Å². The van der Waals surface area contributed by atoms with Crippen LogP contribution in [0.25, 0.3) is 0 Å². The predicted molar refractivity (Wildman–Crippen MR) is 119 cm³/mol. The van der Waals surface area contributed by atoms with Gasteiger partial charge >= 0.3 is 0 Å². The van der Waals surface area contributed by atoms with Crippen molar-refractivity contribution in [2.24, 2.45) is 0 Å². The van der Waals surface area contributed by atoms with Gasteiger partial charge < -0.3 is 9.47 Å². The number of anilines is 2. The van der Waals surface area contributed by atoms with Crippen molar-refractivity contribution >= 4 is 57.8 Å². The van der Waals surface area contributed by atoms with Crippen molar-refractivity contribution in [1.29, 1.82) is 0 Å². The van der Waals surface area contributed by atoms with Crippen molar-refractivity contribution in [2.45, 2.75) is 39.9 Å². The lowest BCUT2D eigenvalue weighted by Crippen LogP contribution is -2.33. The molecule has 0 saturated carbocycles. The van der Waals surface area contributed by atoms with E-state index >= 15 is 0 Å². The van der Waals surface area contributed by atoms with E-state index in [9.17, 15) is 0 Å². The second kappa shape index (κ2) is 11.2. The molecule has 0 aliphatic heterocycles. The van der Waals surface area contributed by atoms with Gasteiger partial charge in [0.25, 0.3) is 0 Å². The lowest BCUT2D eigenvalue weighted by Gasteiger charge is -2.17. The van der Waals surface area contributed by atoms with E-state index < -0.39 is 0 Å². The molecule has 0 saturated heterocycles. The Hall–Kier alpha value is -1.32. The Balaban J connectivity index is 1.90. The molecule has 4 N–H and O–H groups in total. The molecule has 2 rings (SSSR count). The molecule has 0 unspecified atom stereocenters. The topological polar surface area (TPSA) is 75.8 Å². The maximum Gasteiger partial charge on any atom is 0.140 e. The van der Waals surface area contributed by atoms with E-state index in [0.717, 1.165) is 0 Å². The Labute approximate surface area is 189 Å². The molecule has 0 aliphatic rings. The molecule has 0 fully saturated rings. The number of rotatable bonds is 10. The van der Waals surface area contributed by atoms with E-state index in [0.29, 0.717) is 43.0 Å². The number of hydrogen-bond acceptors (Lipinski definition) is 7. The normalized spacial score (nSPS) is 11.1. The van der Waals surface area contributed by atoms with Crippen LogP contribution in [0.4, 0.5) is 11.4 Å². The summed E-state index contributed by atoms with van der Waals surface area (Å²) in [6, 6.07) is 6.45. The molecule has 11 heteroatoms. The molecule has 0 aromatic heterocycles. The lowest BCUT2D eigenvalue weighted by atomic mass is 10.3. The molecule has 0 bridgehead atoms. The molecule has 0 spiro atoms. The Kier molecular flexibility index (Phi) is 9.23. The number of benzene rings is 2. The number of ether oxygens (including phenoxy) is 2. The van der Waals surface area contributed by atoms with Gasteiger partial charge in [-0.1, -0.05) is 57.6 Å². The highest BCUT2D eigenvalue weighted by atomic mass is 35.5. The van der Waals surface area contributed by atoms with E-state index in [1.165, 1.54) is 0 Å². The minimum atomic E-state index is -0.0368. The van der Waals surface area contributed by atoms with E-state index in [4.69, 9.17) is 60.8 Å². The van der Waals surface area contributed by atoms with E-state index in [-0.39, 0.29) is 12.2 Å². The zero-order valence-electron chi connectivity index (χ0n) is 16.2. The van der Waals surface area contributed by atoms with Crippen molar-refractivity contribution in [3.05, 3.63) is 44.4 Å². The summed E-state index contributed by atoms with van der Waals surface area (Å²) in [5, 5.41) is 1.58. The molecular formula is C18H22Cl4N4O3. The third-order valence-corrected chi connectivity index (χ3v) is 4.46. The van der Waals surface area contributed by atoms with Gasteiger partial charge in [0.05, 0.1) is 43.7 Å². The highest BCUT2D eigenvalue weighted by Gasteiger charge is 2.11. The largest absolute Gasteiger partial charge is 0.489 e. The minimum absolute atomic E-state index is 0.0368. The molecule has 29 heavy (non-hydrogen) atoms. The summed E-state index contributed by atoms with van der Waals surface area (Å²) in [4.78, 5) is 5.07. The van der Waals surface area contributed by atoms with Crippen molar-refractivity contribution in [3.8, 4) is 11.5 Å². The summed E-state index contributed by atoms with van der Waals surface area (Å²) in [6.07, 6.45) is -0.0735. The number of nitrogens with one attached hydrogen (secondary N) is 4. The summed E-state index contributed by atoms with van der Waals surface area (Å²) in [7, 11) is 0. The predicted octanol–water partition coefficient (Wildman–Crippen LogP) is 6.25. The number of hydrazine groups is 2. The highest BCUT2D eigenvalue weighted by molar-refractivity contribution is 6.37. The van der Waals surface area contributed by atoms with Crippen LogP contribution >= 0.6 is 46.4 Å². The molecule has 0 atom stereocenters. The average Bonchev–Trinajstić information content (AvgIpc) is 2.61.